The van der Waals surface area contributed by atoms with Gasteiger partial charge >= 0.3 is 0 Å². The number of pyridine rings is 1. The Morgan fingerprint density at radius 1 is 1.27 bits per heavy atom. The summed E-state index contributed by atoms with van der Waals surface area (Å²) in [4.78, 5) is 11.3. The predicted molar refractivity (Wildman–Crippen MR) is 91.1 cm³/mol. The largest absolute Gasteiger partial charge is 0.356 e. The highest BCUT2D eigenvalue weighted by Crippen LogP contribution is 2.35. The molecular weight excluding hydrogens is 272 g/mol. The van der Waals surface area contributed by atoms with E-state index in [1.807, 2.05) is 20.2 Å². The SMILES string of the molecule is CN=C(NCCc1ccc(C)nc1)N1CC2CCCCC2C1. The van der Waals surface area contributed by atoms with Crippen molar-refractivity contribution in [1.29, 1.82) is 0 Å². The van der Waals surface area contributed by atoms with Crippen molar-refractivity contribution in [3.05, 3.63) is 29.6 Å². The number of aryl methyl sites for hydroxylation is 1. The molecule has 0 amide bonds. The maximum atomic E-state index is 4.49. The second kappa shape index (κ2) is 7.12. The van der Waals surface area contributed by atoms with Gasteiger partial charge < -0.3 is 10.2 Å². The van der Waals surface area contributed by atoms with Gasteiger partial charge in [-0.15, -0.1) is 0 Å². The third kappa shape index (κ3) is 3.60. The topological polar surface area (TPSA) is 40.5 Å². The number of hydrogen-bond acceptors (Lipinski definition) is 2. The maximum absolute atomic E-state index is 4.49. The van der Waals surface area contributed by atoms with Crippen LogP contribution in [-0.4, -0.2) is 42.5 Å². The summed E-state index contributed by atoms with van der Waals surface area (Å²) in [5, 5.41) is 3.53. The third-order valence-corrected chi connectivity index (χ3v) is 5.16. The summed E-state index contributed by atoms with van der Waals surface area (Å²) >= 11 is 0. The Kier molecular flexibility index (Phi) is 4.96. The minimum absolute atomic E-state index is 0.897. The first-order valence-electron chi connectivity index (χ1n) is 8.63. The molecule has 1 saturated carbocycles. The Hall–Kier alpha value is -1.58. The lowest BCUT2D eigenvalue weighted by Crippen LogP contribution is -2.41. The van der Waals surface area contributed by atoms with Crippen LogP contribution in [0.25, 0.3) is 0 Å². The zero-order valence-electron chi connectivity index (χ0n) is 13.9. The highest BCUT2D eigenvalue weighted by molar-refractivity contribution is 5.80. The number of guanidine groups is 1. The van der Waals surface area contributed by atoms with Gasteiger partial charge in [-0.1, -0.05) is 18.9 Å². The lowest BCUT2D eigenvalue weighted by molar-refractivity contribution is 0.299. The van der Waals surface area contributed by atoms with E-state index in [1.54, 1.807) is 0 Å². The molecule has 1 aromatic rings. The molecule has 2 heterocycles. The molecular formula is C18H28N4. The van der Waals surface area contributed by atoms with Crippen LogP contribution < -0.4 is 5.32 Å². The van der Waals surface area contributed by atoms with Gasteiger partial charge in [-0.3, -0.25) is 9.98 Å². The van der Waals surface area contributed by atoms with E-state index in [4.69, 9.17) is 0 Å². The fourth-order valence-electron chi connectivity index (χ4n) is 3.88. The Balaban J connectivity index is 1.49. The highest BCUT2D eigenvalue weighted by atomic mass is 15.3. The van der Waals surface area contributed by atoms with Crippen molar-refractivity contribution in [2.45, 2.75) is 39.0 Å². The first kappa shape index (κ1) is 15.3. The summed E-state index contributed by atoms with van der Waals surface area (Å²) in [6, 6.07) is 4.24. The Morgan fingerprint density at radius 3 is 2.59 bits per heavy atom. The summed E-state index contributed by atoms with van der Waals surface area (Å²) in [5.74, 6) is 2.87. The van der Waals surface area contributed by atoms with Gasteiger partial charge in [0.05, 0.1) is 0 Å². The van der Waals surface area contributed by atoms with Gasteiger partial charge in [0, 0.05) is 38.6 Å². The van der Waals surface area contributed by atoms with E-state index in [9.17, 15) is 0 Å². The standard InChI is InChI=1S/C18H28N4/c1-14-7-8-15(11-21-14)9-10-20-18(19-2)22-12-16-5-3-4-6-17(16)13-22/h7-8,11,16-17H,3-6,9-10,12-13H2,1-2H3,(H,19,20). The van der Waals surface area contributed by atoms with Crippen LogP contribution in [0.5, 0.6) is 0 Å². The zero-order chi connectivity index (χ0) is 15.4. The number of aliphatic imine (C=N–C) groups is 1. The van der Waals surface area contributed by atoms with Crippen molar-refractivity contribution in [3.8, 4) is 0 Å². The summed E-state index contributed by atoms with van der Waals surface area (Å²) in [6.45, 7) is 5.33. The number of likely N-dealkylation sites (tertiary alicyclic amines) is 1. The molecule has 2 aliphatic rings. The molecule has 0 spiro atoms. The molecule has 1 aromatic heterocycles. The van der Waals surface area contributed by atoms with Crippen molar-refractivity contribution < 1.29 is 0 Å². The van der Waals surface area contributed by atoms with Gasteiger partial charge in [0.1, 0.15) is 0 Å². The number of rotatable bonds is 3. The predicted octanol–water partition coefficient (Wildman–Crippen LogP) is 2.63. The molecule has 4 nitrogen and oxygen atoms in total. The summed E-state index contributed by atoms with van der Waals surface area (Å²) in [6.07, 6.45) is 8.63. The van der Waals surface area contributed by atoms with Gasteiger partial charge in [-0.25, -0.2) is 0 Å². The van der Waals surface area contributed by atoms with E-state index in [0.717, 1.165) is 36.5 Å². The average molecular weight is 300 g/mol. The molecule has 2 fully saturated rings. The first-order valence-corrected chi connectivity index (χ1v) is 8.63. The van der Waals surface area contributed by atoms with E-state index >= 15 is 0 Å². The second-order valence-electron chi connectivity index (χ2n) is 6.74. The quantitative estimate of drug-likeness (QED) is 0.689. The molecule has 2 atom stereocenters. The molecule has 3 rings (SSSR count). The van der Waals surface area contributed by atoms with Crippen molar-refractivity contribution in [2.75, 3.05) is 26.7 Å². The van der Waals surface area contributed by atoms with Crippen LogP contribution in [0, 0.1) is 18.8 Å². The number of aromatic nitrogens is 1. The lowest BCUT2D eigenvalue weighted by atomic mass is 9.82. The summed E-state index contributed by atoms with van der Waals surface area (Å²) in [7, 11) is 1.90. The number of fused-ring (bicyclic) bond motifs is 1. The van der Waals surface area contributed by atoms with Crippen LogP contribution in [0.2, 0.25) is 0 Å². The van der Waals surface area contributed by atoms with Gasteiger partial charge in [-0.05, 0) is 49.7 Å². The Labute approximate surface area is 134 Å². The van der Waals surface area contributed by atoms with Crippen LogP contribution in [0.4, 0.5) is 0 Å². The van der Waals surface area contributed by atoms with E-state index in [1.165, 1.54) is 44.3 Å². The highest BCUT2D eigenvalue weighted by Gasteiger charge is 2.35. The number of hydrogen-bond donors (Lipinski definition) is 1. The van der Waals surface area contributed by atoms with E-state index in [0.29, 0.717) is 0 Å². The molecule has 1 N–H and O–H groups in total. The molecule has 120 valence electrons. The summed E-state index contributed by atoms with van der Waals surface area (Å²) in [5.41, 5.74) is 2.36. The molecule has 0 bridgehead atoms. The Bertz CT molecular complexity index is 494. The Morgan fingerprint density at radius 2 is 2.00 bits per heavy atom. The number of nitrogens with one attached hydrogen (secondary N) is 1. The average Bonchev–Trinajstić information content (AvgIpc) is 2.97. The molecule has 0 radical (unpaired) electrons. The fraction of sp³-hybridized carbons (Fsp3) is 0.667. The first-order chi connectivity index (χ1) is 10.8. The van der Waals surface area contributed by atoms with Crippen molar-refractivity contribution in [3.63, 3.8) is 0 Å². The minimum atomic E-state index is 0.897. The summed E-state index contributed by atoms with van der Waals surface area (Å²) < 4.78 is 0. The zero-order valence-corrected chi connectivity index (χ0v) is 13.9. The van der Waals surface area contributed by atoms with Crippen molar-refractivity contribution in [2.24, 2.45) is 16.8 Å². The monoisotopic (exact) mass is 300 g/mol. The minimum Gasteiger partial charge on any atom is -0.356 e. The van der Waals surface area contributed by atoms with Crippen LogP contribution in [0.1, 0.15) is 36.9 Å². The number of nitrogens with zero attached hydrogens (tertiary/aromatic N) is 3. The lowest BCUT2D eigenvalue weighted by Gasteiger charge is -2.22. The van der Waals surface area contributed by atoms with Gasteiger partial charge in [0.15, 0.2) is 5.96 Å². The van der Waals surface area contributed by atoms with Gasteiger partial charge in [0.25, 0.3) is 0 Å². The fourth-order valence-corrected chi connectivity index (χ4v) is 3.88. The molecule has 22 heavy (non-hydrogen) atoms. The molecule has 0 aromatic carbocycles. The third-order valence-electron chi connectivity index (χ3n) is 5.16. The van der Waals surface area contributed by atoms with Crippen LogP contribution >= 0.6 is 0 Å². The molecule has 2 unspecified atom stereocenters. The van der Waals surface area contributed by atoms with Crippen LogP contribution in [0.3, 0.4) is 0 Å². The van der Waals surface area contributed by atoms with Gasteiger partial charge in [0.2, 0.25) is 0 Å². The van der Waals surface area contributed by atoms with E-state index in [-0.39, 0.29) is 0 Å². The smallest absolute Gasteiger partial charge is 0.193 e. The van der Waals surface area contributed by atoms with Crippen LogP contribution in [-0.2, 0) is 6.42 Å². The van der Waals surface area contributed by atoms with E-state index in [2.05, 4.69) is 32.3 Å². The van der Waals surface area contributed by atoms with Crippen molar-refractivity contribution in [1.82, 2.24) is 15.2 Å². The molecule has 1 saturated heterocycles. The van der Waals surface area contributed by atoms with Gasteiger partial charge in [-0.2, -0.15) is 0 Å². The molecule has 4 heteroatoms. The molecule has 1 aliphatic heterocycles. The van der Waals surface area contributed by atoms with Crippen LogP contribution in [0.15, 0.2) is 23.3 Å². The van der Waals surface area contributed by atoms with E-state index < -0.39 is 0 Å². The normalized spacial score (nSPS) is 25.2. The molecule has 1 aliphatic carbocycles. The second-order valence-corrected chi connectivity index (χ2v) is 6.74. The maximum Gasteiger partial charge on any atom is 0.193 e. The van der Waals surface area contributed by atoms with Crippen molar-refractivity contribution >= 4 is 5.96 Å².